The largest absolute Gasteiger partial charge is 0.328 e. The second-order valence-corrected chi connectivity index (χ2v) is 9.90. The van der Waals surface area contributed by atoms with Gasteiger partial charge in [-0.05, 0) is 106 Å². The molecule has 0 aromatic carbocycles. The lowest BCUT2D eigenvalue weighted by Crippen LogP contribution is -2.46. The summed E-state index contributed by atoms with van der Waals surface area (Å²) in [6.07, 6.45) is 23.7. The standard InChI is InChI=1S/C24H37N/c25-16-13-14-23-21-11-4-3-9-19(21)17-7-1-2-8-18(17)20-10-5-6-12-22(20)24(23)15-16/h4,11,16,19-24H,1-3,5-10,12-15,25H2. The highest BCUT2D eigenvalue weighted by atomic mass is 14.7. The van der Waals surface area contributed by atoms with E-state index in [0.717, 1.165) is 35.5 Å². The van der Waals surface area contributed by atoms with Crippen molar-refractivity contribution in [2.75, 3.05) is 0 Å². The van der Waals surface area contributed by atoms with Crippen LogP contribution >= 0.6 is 0 Å². The summed E-state index contributed by atoms with van der Waals surface area (Å²) in [5.74, 6) is 5.49. The molecule has 138 valence electrons. The molecular formula is C24H37N. The van der Waals surface area contributed by atoms with Crippen LogP contribution in [0.5, 0.6) is 0 Å². The molecule has 0 aliphatic heterocycles. The van der Waals surface area contributed by atoms with Crippen LogP contribution in [0, 0.1) is 35.5 Å². The number of allylic oxidation sites excluding steroid dienone is 4. The van der Waals surface area contributed by atoms with Crippen molar-refractivity contribution in [3.05, 3.63) is 23.3 Å². The fourth-order valence-electron chi connectivity index (χ4n) is 7.84. The van der Waals surface area contributed by atoms with E-state index < -0.39 is 0 Å². The summed E-state index contributed by atoms with van der Waals surface area (Å²) in [4.78, 5) is 0. The maximum atomic E-state index is 6.52. The molecule has 0 amide bonds. The molecule has 0 spiro atoms. The summed E-state index contributed by atoms with van der Waals surface area (Å²) >= 11 is 0. The highest BCUT2D eigenvalue weighted by Gasteiger charge is 2.47. The molecule has 2 N–H and O–H groups in total. The van der Waals surface area contributed by atoms with Crippen molar-refractivity contribution in [2.45, 2.75) is 89.5 Å². The van der Waals surface area contributed by atoms with Crippen LogP contribution in [0.3, 0.4) is 0 Å². The lowest BCUT2D eigenvalue weighted by Gasteiger charge is -2.53. The average Bonchev–Trinajstić information content (AvgIpc) is 2.67. The molecule has 0 heterocycles. The van der Waals surface area contributed by atoms with Gasteiger partial charge in [0.15, 0.2) is 0 Å². The van der Waals surface area contributed by atoms with Crippen LogP contribution in [0.15, 0.2) is 23.3 Å². The second-order valence-electron chi connectivity index (χ2n) is 9.90. The van der Waals surface area contributed by atoms with E-state index in [-0.39, 0.29) is 0 Å². The third-order valence-electron chi connectivity index (χ3n) is 8.78. The van der Waals surface area contributed by atoms with Crippen molar-refractivity contribution in [1.82, 2.24) is 0 Å². The Morgan fingerprint density at radius 3 is 2.40 bits per heavy atom. The zero-order chi connectivity index (χ0) is 16.8. The lowest BCUT2D eigenvalue weighted by molar-refractivity contribution is 0.0398. The first-order valence-corrected chi connectivity index (χ1v) is 11.5. The Labute approximate surface area is 154 Å². The van der Waals surface area contributed by atoms with Gasteiger partial charge < -0.3 is 5.73 Å². The van der Waals surface area contributed by atoms with Crippen LogP contribution in [-0.4, -0.2) is 6.04 Å². The minimum atomic E-state index is 0.481. The van der Waals surface area contributed by atoms with E-state index in [1.54, 1.807) is 0 Å². The second kappa shape index (κ2) is 6.87. The zero-order valence-corrected chi connectivity index (χ0v) is 16.0. The fraction of sp³-hybridized carbons (Fsp3) is 0.833. The van der Waals surface area contributed by atoms with Gasteiger partial charge in [0.25, 0.3) is 0 Å². The first-order chi connectivity index (χ1) is 12.3. The average molecular weight is 340 g/mol. The molecule has 0 bridgehead atoms. The van der Waals surface area contributed by atoms with Crippen molar-refractivity contribution < 1.29 is 0 Å². The fourth-order valence-corrected chi connectivity index (χ4v) is 7.84. The summed E-state index contributed by atoms with van der Waals surface area (Å²) < 4.78 is 0. The Bertz CT molecular complexity index is 558. The smallest absolute Gasteiger partial charge is 0.00417 e. The van der Waals surface area contributed by atoms with Crippen molar-refractivity contribution >= 4 is 0 Å². The molecule has 0 aromatic rings. The van der Waals surface area contributed by atoms with Gasteiger partial charge in [0.1, 0.15) is 0 Å². The summed E-state index contributed by atoms with van der Waals surface area (Å²) in [5.41, 5.74) is 10.5. The molecule has 0 aromatic heterocycles. The van der Waals surface area contributed by atoms with Crippen molar-refractivity contribution in [3.8, 4) is 0 Å². The van der Waals surface area contributed by atoms with Gasteiger partial charge in [0, 0.05) is 6.04 Å². The van der Waals surface area contributed by atoms with Gasteiger partial charge in [-0.15, -0.1) is 0 Å². The first-order valence-electron chi connectivity index (χ1n) is 11.5. The third-order valence-corrected chi connectivity index (χ3v) is 8.78. The molecule has 7 unspecified atom stereocenters. The van der Waals surface area contributed by atoms with Crippen LogP contribution < -0.4 is 5.73 Å². The van der Waals surface area contributed by atoms with Crippen molar-refractivity contribution in [3.63, 3.8) is 0 Å². The van der Waals surface area contributed by atoms with E-state index in [0.29, 0.717) is 6.04 Å². The minimum absolute atomic E-state index is 0.481. The number of rotatable bonds is 0. The summed E-state index contributed by atoms with van der Waals surface area (Å²) in [5, 5.41) is 0. The van der Waals surface area contributed by atoms with E-state index >= 15 is 0 Å². The molecule has 5 rings (SSSR count). The Hall–Kier alpha value is -0.560. The lowest BCUT2D eigenvalue weighted by atomic mass is 9.53. The third kappa shape index (κ3) is 2.85. The maximum Gasteiger partial charge on any atom is 0.00417 e. The molecule has 0 radical (unpaired) electrons. The van der Waals surface area contributed by atoms with Crippen molar-refractivity contribution in [1.29, 1.82) is 0 Å². The van der Waals surface area contributed by atoms with Crippen LogP contribution in [0.2, 0.25) is 0 Å². The van der Waals surface area contributed by atoms with Gasteiger partial charge in [-0.3, -0.25) is 0 Å². The molecule has 5 aliphatic carbocycles. The summed E-state index contributed by atoms with van der Waals surface area (Å²) in [6.45, 7) is 0. The molecule has 0 saturated heterocycles. The zero-order valence-electron chi connectivity index (χ0n) is 16.0. The highest BCUT2D eigenvalue weighted by Crippen LogP contribution is 2.56. The number of fused-ring (bicyclic) bond motifs is 7. The van der Waals surface area contributed by atoms with E-state index in [2.05, 4.69) is 12.2 Å². The molecule has 2 fully saturated rings. The van der Waals surface area contributed by atoms with Gasteiger partial charge in [-0.25, -0.2) is 0 Å². The van der Waals surface area contributed by atoms with E-state index in [9.17, 15) is 0 Å². The maximum absolute atomic E-state index is 6.52. The normalized spacial score (nSPS) is 47.0. The van der Waals surface area contributed by atoms with Gasteiger partial charge in [0.2, 0.25) is 0 Å². The highest BCUT2D eigenvalue weighted by molar-refractivity contribution is 5.28. The van der Waals surface area contributed by atoms with Crippen LogP contribution in [0.25, 0.3) is 0 Å². The quantitative estimate of drug-likeness (QED) is 0.538. The first kappa shape index (κ1) is 16.6. The SMILES string of the molecule is NC1CCC2C3C=CCCC3C3=C(CCCC3)C3CCCCC3C2C1. The molecule has 25 heavy (non-hydrogen) atoms. The molecule has 5 aliphatic rings. The van der Waals surface area contributed by atoms with E-state index in [1.807, 2.05) is 11.1 Å². The number of hydrogen-bond acceptors (Lipinski definition) is 1. The summed E-state index contributed by atoms with van der Waals surface area (Å²) in [6, 6.07) is 0.481. The monoisotopic (exact) mass is 339 g/mol. The minimum Gasteiger partial charge on any atom is -0.328 e. The molecule has 2 saturated carbocycles. The Balaban J connectivity index is 1.62. The Kier molecular flexibility index (Phi) is 4.56. The molecule has 7 atom stereocenters. The van der Waals surface area contributed by atoms with Crippen LogP contribution in [0.4, 0.5) is 0 Å². The van der Waals surface area contributed by atoms with Crippen molar-refractivity contribution in [2.24, 2.45) is 41.2 Å². The van der Waals surface area contributed by atoms with Gasteiger partial charge in [-0.1, -0.05) is 36.1 Å². The van der Waals surface area contributed by atoms with Crippen LogP contribution in [-0.2, 0) is 0 Å². The Morgan fingerprint density at radius 1 is 0.720 bits per heavy atom. The molecule has 1 heteroatoms. The topological polar surface area (TPSA) is 26.0 Å². The van der Waals surface area contributed by atoms with Crippen LogP contribution in [0.1, 0.15) is 83.5 Å². The van der Waals surface area contributed by atoms with E-state index in [4.69, 9.17) is 5.73 Å². The predicted molar refractivity (Wildman–Crippen MR) is 105 cm³/mol. The summed E-state index contributed by atoms with van der Waals surface area (Å²) in [7, 11) is 0. The number of nitrogens with two attached hydrogens (primary N) is 1. The van der Waals surface area contributed by atoms with Gasteiger partial charge in [0.05, 0.1) is 0 Å². The molecule has 1 nitrogen and oxygen atoms in total. The molecular weight excluding hydrogens is 302 g/mol. The van der Waals surface area contributed by atoms with Gasteiger partial charge in [-0.2, -0.15) is 0 Å². The predicted octanol–water partition coefficient (Wildman–Crippen LogP) is 6.00. The Morgan fingerprint density at radius 2 is 1.52 bits per heavy atom. The van der Waals surface area contributed by atoms with E-state index in [1.165, 1.54) is 83.5 Å². The van der Waals surface area contributed by atoms with Gasteiger partial charge >= 0.3 is 0 Å². The number of hydrogen-bond donors (Lipinski definition) is 1.